The summed E-state index contributed by atoms with van der Waals surface area (Å²) in [5, 5.41) is 13.2. The number of benzene rings is 2. The fraction of sp³-hybridized carbons (Fsp3) is 0. The van der Waals surface area contributed by atoms with E-state index in [1.54, 1.807) is 0 Å². The van der Waals surface area contributed by atoms with Gasteiger partial charge in [-0.2, -0.15) is 0 Å². The average Bonchev–Trinajstić information content (AvgIpc) is 2.90. The van der Waals surface area contributed by atoms with Crippen molar-refractivity contribution in [3.8, 4) is 0 Å². The summed E-state index contributed by atoms with van der Waals surface area (Å²) in [7, 11) is 0. The highest BCUT2D eigenvalue weighted by molar-refractivity contribution is 7.22. The third-order valence-electron chi connectivity index (χ3n) is 2.95. The van der Waals surface area contributed by atoms with E-state index >= 15 is 0 Å². The number of carbonyl (C=O) groups excluding carboxylic acids is 1. The first-order valence-corrected chi connectivity index (χ1v) is 7.07. The lowest BCUT2D eigenvalue weighted by Crippen LogP contribution is -2.11. The van der Waals surface area contributed by atoms with Gasteiger partial charge in [0.15, 0.2) is 10.9 Å². The van der Waals surface area contributed by atoms with Gasteiger partial charge < -0.3 is 0 Å². The first-order chi connectivity index (χ1) is 10.9. The van der Waals surface area contributed by atoms with Crippen LogP contribution in [0.1, 0.15) is 10.4 Å². The number of amides is 1. The van der Waals surface area contributed by atoms with Gasteiger partial charge in [-0.15, -0.1) is 0 Å². The molecular weight excluding hydrogens is 328 g/mol. The molecule has 1 heterocycles. The summed E-state index contributed by atoms with van der Waals surface area (Å²) in [4.78, 5) is 26.1. The molecule has 23 heavy (non-hydrogen) atoms. The van der Waals surface area contributed by atoms with Crippen LogP contribution in [0.3, 0.4) is 0 Å². The SMILES string of the molecule is O=C(Nc1nc2c(F)cc(F)cc2s1)c1cccc([N+](=O)[O-])c1. The average molecular weight is 335 g/mol. The van der Waals surface area contributed by atoms with E-state index in [0.29, 0.717) is 6.07 Å². The van der Waals surface area contributed by atoms with E-state index < -0.39 is 22.5 Å². The van der Waals surface area contributed by atoms with E-state index in [2.05, 4.69) is 10.3 Å². The second-order valence-corrected chi connectivity index (χ2v) is 5.55. The van der Waals surface area contributed by atoms with Crippen LogP contribution in [-0.4, -0.2) is 15.8 Å². The molecule has 0 unspecified atom stereocenters. The van der Waals surface area contributed by atoms with E-state index in [-0.39, 0.29) is 26.6 Å². The zero-order chi connectivity index (χ0) is 16.6. The Hall–Kier alpha value is -2.94. The molecule has 116 valence electrons. The summed E-state index contributed by atoms with van der Waals surface area (Å²) in [5.74, 6) is -2.20. The molecule has 9 heteroatoms. The maximum atomic E-state index is 13.6. The van der Waals surface area contributed by atoms with Crippen LogP contribution >= 0.6 is 11.3 Å². The summed E-state index contributed by atoms with van der Waals surface area (Å²) in [5.41, 5.74) is -0.217. The zero-order valence-electron chi connectivity index (χ0n) is 11.2. The molecular formula is C14H7F2N3O3S. The van der Waals surface area contributed by atoms with Crippen LogP contribution in [0.25, 0.3) is 10.2 Å². The van der Waals surface area contributed by atoms with Gasteiger partial charge in [-0.3, -0.25) is 20.2 Å². The van der Waals surface area contributed by atoms with Crippen molar-refractivity contribution < 1.29 is 18.5 Å². The van der Waals surface area contributed by atoms with Crippen molar-refractivity contribution in [2.75, 3.05) is 5.32 Å². The molecule has 3 rings (SSSR count). The van der Waals surface area contributed by atoms with Crippen LogP contribution in [0.2, 0.25) is 0 Å². The lowest BCUT2D eigenvalue weighted by molar-refractivity contribution is -0.384. The zero-order valence-corrected chi connectivity index (χ0v) is 12.1. The molecule has 1 amide bonds. The summed E-state index contributed by atoms with van der Waals surface area (Å²) in [6, 6.07) is 6.96. The standard InChI is InChI=1S/C14H7F2N3O3S/c15-8-5-10(16)12-11(6-8)23-14(17-12)18-13(20)7-2-1-3-9(4-7)19(21)22/h1-6H,(H,17,18,20). The fourth-order valence-corrected chi connectivity index (χ4v) is 2.84. The predicted molar refractivity (Wildman–Crippen MR) is 80.6 cm³/mol. The molecule has 0 radical (unpaired) electrons. The second-order valence-electron chi connectivity index (χ2n) is 4.51. The summed E-state index contributed by atoms with van der Waals surface area (Å²) in [6.45, 7) is 0. The van der Waals surface area contributed by atoms with Crippen molar-refractivity contribution in [3.05, 3.63) is 63.7 Å². The van der Waals surface area contributed by atoms with Gasteiger partial charge in [0.05, 0.1) is 9.62 Å². The van der Waals surface area contributed by atoms with E-state index in [1.807, 2.05) is 0 Å². The van der Waals surface area contributed by atoms with Gasteiger partial charge >= 0.3 is 0 Å². The number of hydrogen-bond donors (Lipinski definition) is 1. The van der Waals surface area contributed by atoms with Crippen LogP contribution < -0.4 is 5.32 Å². The molecule has 0 spiro atoms. The monoisotopic (exact) mass is 335 g/mol. The smallest absolute Gasteiger partial charge is 0.270 e. The van der Waals surface area contributed by atoms with E-state index in [9.17, 15) is 23.7 Å². The Morgan fingerprint density at radius 1 is 1.26 bits per heavy atom. The number of nitro groups is 1. The minimum atomic E-state index is -0.827. The Morgan fingerprint density at radius 2 is 2.04 bits per heavy atom. The number of carbonyl (C=O) groups is 1. The van der Waals surface area contributed by atoms with E-state index in [1.165, 1.54) is 18.2 Å². The normalized spacial score (nSPS) is 10.7. The molecule has 0 fully saturated rings. The van der Waals surface area contributed by atoms with Gasteiger partial charge in [0.2, 0.25) is 0 Å². The molecule has 0 aliphatic rings. The first kappa shape index (κ1) is 15.0. The van der Waals surface area contributed by atoms with Crippen LogP contribution in [0.5, 0.6) is 0 Å². The maximum absolute atomic E-state index is 13.6. The number of fused-ring (bicyclic) bond motifs is 1. The highest BCUT2D eigenvalue weighted by atomic mass is 32.1. The topological polar surface area (TPSA) is 85.1 Å². The summed E-state index contributed by atoms with van der Waals surface area (Å²) >= 11 is 0.902. The van der Waals surface area contributed by atoms with Crippen molar-refractivity contribution in [1.82, 2.24) is 4.98 Å². The molecule has 6 nitrogen and oxygen atoms in total. The van der Waals surface area contributed by atoms with E-state index in [4.69, 9.17) is 0 Å². The lowest BCUT2D eigenvalue weighted by atomic mass is 10.2. The Balaban J connectivity index is 1.90. The molecule has 0 saturated carbocycles. The third-order valence-corrected chi connectivity index (χ3v) is 3.87. The van der Waals surface area contributed by atoms with Crippen LogP contribution in [0, 0.1) is 21.7 Å². The molecule has 3 aromatic rings. The minimum absolute atomic E-state index is 0.0502. The van der Waals surface area contributed by atoms with Gasteiger partial charge in [-0.25, -0.2) is 13.8 Å². The fourth-order valence-electron chi connectivity index (χ4n) is 1.94. The molecule has 0 saturated heterocycles. The molecule has 0 atom stereocenters. The van der Waals surface area contributed by atoms with Crippen LogP contribution in [0.4, 0.5) is 19.6 Å². The molecule has 0 bridgehead atoms. The number of anilines is 1. The van der Waals surface area contributed by atoms with Crippen LogP contribution in [-0.2, 0) is 0 Å². The largest absolute Gasteiger partial charge is 0.298 e. The summed E-state index contributed by atoms with van der Waals surface area (Å²) in [6.07, 6.45) is 0. The number of thiazole rings is 1. The number of nitrogens with zero attached hydrogens (tertiary/aromatic N) is 2. The van der Waals surface area contributed by atoms with Crippen molar-refractivity contribution in [2.24, 2.45) is 0 Å². The summed E-state index contributed by atoms with van der Waals surface area (Å²) < 4.78 is 27.0. The third kappa shape index (κ3) is 2.99. The molecule has 1 N–H and O–H groups in total. The Kier molecular flexibility index (Phi) is 3.70. The second kappa shape index (κ2) is 5.69. The minimum Gasteiger partial charge on any atom is -0.298 e. The number of aromatic nitrogens is 1. The number of halogens is 2. The number of rotatable bonds is 3. The quantitative estimate of drug-likeness (QED) is 0.584. The van der Waals surface area contributed by atoms with Gasteiger partial charge in [-0.1, -0.05) is 17.4 Å². The van der Waals surface area contributed by atoms with Crippen molar-refractivity contribution in [1.29, 1.82) is 0 Å². The molecule has 2 aromatic carbocycles. The Labute approximate surface area is 131 Å². The number of hydrogen-bond acceptors (Lipinski definition) is 5. The predicted octanol–water partition coefficient (Wildman–Crippen LogP) is 3.74. The maximum Gasteiger partial charge on any atom is 0.270 e. The first-order valence-electron chi connectivity index (χ1n) is 6.25. The van der Waals surface area contributed by atoms with Gasteiger partial charge in [0.1, 0.15) is 11.3 Å². The highest BCUT2D eigenvalue weighted by Gasteiger charge is 2.15. The number of non-ortho nitro benzene ring substituents is 1. The highest BCUT2D eigenvalue weighted by Crippen LogP contribution is 2.29. The molecule has 1 aromatic heterocycles. The Morgan fingerprint density at radius 3 is 2.78 bits per heavy atom. The van der Waals surface area contributed by atoms with Crippen LogP contribution in [0.15, 0.2) is 36.4 Å². The Bertz CT molecular complexity index is 942. The van der Waals surface area contributed by atoms with Crippen molar-refractivity contribution in [2.45, 2.75) is 0 Å². The van der Waals surface area contributed by atoms with Crippen molar-refractivity contribution in [3.63, 3.8) is 0 Å². The van der Waals surface area contributed by atoms with E-state index in [0.717, 1.165) is 23.5 Å². The number of nitrogens with one attached hydrogen (secondary N) is 1. The molecule has 0 aliphatic heterocycles. The van der Waals surface area contributed by atoms with Crippen molar-refractivity contribution >= 4 is 38.3 Å². The number of nitro benzene ring substituents is 1. The van der Waals surface area contributed by atoms with Gasteiger partial charge in [-0.05, 0) is 12.1 Å². The van der Waals surface area contributed by atoms with Gasteiger partial charge in [0.25, 0.3) is 11.6 Å². The van der Waals surface area contributed by atoms with Gasteiger partial charge in [0, 0.05) is 23.8 Å². The lowest BCUT2D eigenvalue weighted by Gasteiger charge is -2.01. The molecule has 0 aliphatic carbocycles.